The van der Waals surface area contributed by atoms with Gasteiger partial charge in [-0.2, -0.15) is 0 Å². The van der Waals surface area contributed by atoms with Crippen molar-refractivity contribution in [2.75, 3.05) is 19.0 Å². The summed E-state index contributed by atoms with van der Waals surface area (Å²) in [4.78, 5) is 39.3. The molecule has 39 heavy (non-hydrogen) atoms. The van der Waals surface area contributed by atoms with Gasteiger partial charge in [-0.1, -0.05) is 41.9 Å². The van der Waals surface area contributed by atoms with Crippen molar-refractivity contribution in [2.45, 2.75) is 20.0 Å². The van der Waals surface area contributed by atoms with Crippen molar-refractivity contribution in [2.24, 2.45) is 0 Å². The van der Waals surface area contributed by atoms with Crippen molar-refractivity contribution < 1.29 is 23.9 Å². The molecule has 200 valence electrons. The summed E-state index contributed by atoms with van der Waals surface area (Å²) in [6.07, 6.45) is 3.85. The molecule has 0 atom stereocenters. The first kappa shape index (κ1) is 28.0. The fourth-order valence-corrected chi connectivity index (χ4v) is 4.94. The highest BCUT2D eigenvalue weighted by Crippen LogP contribution is 2.37. The molecule has 0 spiro atoms. The average molecular weight is 563 g/mol. The number of allylic oxidation sites excluding steroid dienone is 1. The number of aryl methyl sites for hydroxylation is 1. The highest BCUT2D eigenvalue weighted by atomic mass is 35.5. The summed E-state index contributed by atoms with van der Waals surface area (Å²) in [5.74, 6) is 0.0507. The van der Waals surface area contributed by atoms with Gasteiger partial charge in [0.25, 0.3) is 11.1 Å². The molecule has 0 radical (unpaired) electrons. The topological polar surface area (TPSA) is 84.9 Å². The van der Waals surface area contributed by atoms with Gasteiger partial charge in [0.1, 0.15) is 13.2 Å². The summed E-state index contributed by atoms with van der Waals surface area (Å²) >= 11 is 6.76. The third kappa shape index (κ3) is 7.10. The van der Waals surface area contributed by atoms with Crippen LogP contribution in [-0.4, -0.2) is 35.6 Å². The van der Waals surface area contributed by atoms with E-state index in [2.05, 4.69) is 11.9 Å². The first-order valence-electron chi connectivity index (χ1n) is 12.1. The number of nitrogens with one attached hydrogen (secondary N) is 1. The first-order valence-corrected chi connectivity index (χ1v) is 13.3. The van der Waals surface area contributed by atoms with Gasteiger partial charge in [0.2, 0.25) is 5.91 Å². The molecular weight excluding hydrogens is 536 g/mol. The minimum atomic E-state index is -0.531. The van der Waals surface area contributed by atoms with E-state index in [9.17, 15) is 14.4 Å². The van der Waals surface area contributed by atoms with Gasteiger partial charge in [0.15, 0.2) is 11.5 Å². The molecule has 1 aliphatic heterocycles. The Balaban J connectivity index is 1.52. The maximum absolute atomic E-state index is 13.0. The van der Waals surface area contributed by atoms with E-state index in [1.807, 2.05) is 43.3 Å². The zero-order valence-corrected chi connectivity index (χ0v) is 23.1. The molecule has 0 unspecified atom stereocenters. The molecule has 3 aromatic rings. The van der Waals surface area contributed by atoms with Crippen LogP contribution in [-0.2, 0) is 22.6 Å². The largest absolute Gasteiger partial charge is 0.493 e. The van der Waals surface area contributed by atoms with Crippen molar-refractivity contribution in [1.29, 1.82) is 0 Å². The first-order chi connectivity index (χ1) is 18.8. The molecular formula is C30H27ClN2O5S. The summed E-state index contributed by atoms with van der Waals surface area (Å²) in [6.45, 7) is 5.67. The second kappa shape index (κ2) is 12.7. The van der Waals surface area contributed by atoms with Crippen LogP contribution in [0.3, 0.4) is 0 Å². The van der Waals surface area contributed by atoms with Crippen LogP contribution in [0.5, 0.6) is 11.5 Å². The molecule has 9 heteroatoms. The molecule has 1 aliphatic rings. The van der Waals surface area contributed by atoms with E-state index in [0.717, 1.165) is 33.4 Å². The Hall–Kier alpha value is -4.01. The number of imide groups is 1. The number of thioether (sulfide) groups is 1. The van der Waals surface area contributed by atoms with Gasteiger partial charge in [-0.15, -0.1) is 6.58 Å². The third-order valence-electron chi connectivity index (χ3n) is 5.81. The lowest BCUT2D eigenvalue weighted by atomic mass is 10.0. The van der Waals surface area contributed by atoms with Gasteiger partial charge in [-0.05, 0) is 84.3 Å². The molecule has 1 N–H and O–H groups in total. The predicted octanol–water partition coefficient (Wildman–Crippen LogP) is 6.64. The lowest BCUT2D eigenvalue weighted by molar-refractivity contribution is -0.127. The van der Waals surface area contributed by atoms with E-state index in [1.54, 1.807) is 36.4 Å². The highest BCUT2D eigenvalue weighted by Gasteiger charge is 2.36. The normalized spacial score (nSPS) is 14.0. The van der Waals surface area contributed by atoms with Gasteiger partial charge >= 0.3 is 0 Å². The number of rotatable bonds is 10. The van der Waals surface area contributed by atoms with Crippen LogP contribution in [0.1, 0.15) is 22.3 Å². The molecule has 0 bridgehead atoms. The second-order valence-electron chi connectivity index (χ2n) is 8.80. The van der Waals surface area contributed by atoms with Crippen LogP contribution < -0.4 is 14.8 Å². The SMILES string of the molecule is C=CCc1cc(/C=C2\SC(=O)N(CC(=O)Nc3cccc(C)c3)C2=O)cc(OC)c1OCc1ccc(Cl)cc1. The Morgan fingerprint density at radius 3 is 2.59 bits per heavy atom. The van der Waals surface area contributed by atoms with Crippen LogP contribution in [0.4, 0.5) is 10.5 Å². The number of nitrogens with zero attached hydrogens (tertiary/aromatic N) is 1. The van der Waals surface area contributed by atoms with E-state index in [4.69, 9.17) is 21.1 Å². The quantitative estimate of drug-likeness (QED) is 0.220. The Labute approximate surface area is 236 Å². The molecule has 7 nitrogen and oxygen atoms in total. The maximum atomic E-state index is 13.0. The van der Waals surface area contributed by atoms with E-state index in [1.165, 1.54) is 7.11 Å². The number of anilines is 1. The summed E-state index contributed by atoms with van der Waals surface area (Å²) < 4.78 is 11.7. The highest BCUT2D eigenvalue weighted by molar-refractivity contribution is 8.18. The third-order valence-corrected chi connectivity index (χ3v) is 6.97. The van der Waals surface area contributed by atoms with Gasteiger partial charge in [-0.25, -0.2) is 0 Å². The fourth-order valence-electron chi connectivity index (χ4n) is 3.98. The minimum absolute atomic E-state index is 0.213. The number of methoxy groups -OCH3 is 1. The number of benzene rings is 3. The summed E-state index contributed by atoms with van der Waals surface area (Å²) in [5.41, 5.74) is 3.98. The Bertz CT molecular complexity index is 1450. The summed E-state index contributed by atoms with van der Waals surface area (Å²) in [6, 6.07) is 18.2. The molecule has 1 heterocycles. The number of hydrogen-bond acceptors (Lipinski definition) is 6. The van der Waals surface area contributed by atoms with Crippen molar-refractivity contribution in [3.63, 3.8) is 0 Å². The van der Waals surface area contributed by atoms with Crippen LogP contribution >= 0.6 is 23.4 Å². The molecule has 0 aliphatic carbocycles. The van der Waals surface area contributed by atoms with Crippen LogP contribution in [0, 0.1) is 6.92 Å². The molecule has 3 aromatic carbocycles. The number of amides is 3. The van der Waals surface area contributed by atoms with E-state index in [0.29, 0.717) is 40.8 Å². The Morgan fingerprint density at radius 1 is 1.13 bits per heavy atom. The zero-order chi connectivity index (χ0) is 27.9. The molecule has 3 amide bonds. The van der Waals surface area contributed by atoms with Crippen molar-refractivity contribution >= 4 is 52.2 Å². The molecule has 1 fully saturated rings. The monoisotopic (exact) mass is 562 g/mol. The lowest BCUT2D eigenvalue weighted by Crippen LogP contribution is -2.36. The van der Waals surface area contributed by atoms with Crippen LogP contribution in [0.25, 0.3) is 6.08 Å². The van der Waals surface area contributed by atoms with Gasteiger partial charge in [0, 0.05) is 16.3 Å². The molecule has 4 rings (SSSR count). The summed E-state index contributed by atoms with van der Waals surface area (Å²) in [7, 11) is 1.53. The van der Waals surface area contributed by atoms with Crippen molar-refractivity contribution in [3.05, 3.63) is 106 Å². The minimum Gasteiger partial charge on any atom is -0.493 e. The van der Waals surface area contributed by atoms with E-state index in [-0.39, 0.29) is 11.4 Å². The molecule has 0 saturated carbocycles. The van der Waals surface area contributed by atoms with E-state index >= 15 is 0 Å². The number of carbonyl (C=O) groups is 3. The number of halogens is 1. The average Bonchev–Trinajstić information content (AvgIpc) is 3.16. The van der Waals surface area contributed by atoms with Gasteiger partial charge < -0.3 is 14.8 Å². The Kier molecular flexibility index (Phi) is 9.11. The van der Waals surface area contributed by atoms with Crippen LogP contribution in [0.2, 0.25) is 5.02 Å². The smallest absolute Gasteiger partial charge is 0.294 e. The number of hydrogen-bond donors (Lipinski definition) is 1. The van der Waals surface area contributed by atoms with Gasteiger partial charge in [0.05, 0.1) is 12.0 Å². The second-order valence-corrected chi connectivity index (χ2v) is 10.2. The molecule has 1 saturated heterocycles. The Morgan fingerprint density at radius 2 is 1.90 bits per heavy atom. The summed E-state index contributed by atoms with van der Waals surface area (Å²) in [5, 5.41) is 2.86. The fraction of sp³-hybridized carbons (Fsp3) is 0.167. The van der Waals surface area contributed by atoms with E-state index < -0.39 is 17.1 Å². The lowest BCUT2D eigenvalue weighted by Gasteiger charge is -2.16. The van der Waals surface area contributed by atoms with Gasteiger partial charge in [-0.3, -0.25) is 19.3 Å². The standard InChI is InChI=1S/C30H27ClN2O5S/c1-4-6-22-14-21(15-25(37-3)28(22)38-18-20-9-11-23(31)12-10-20)16-26-29(35)33(30(36)39-26)17-27(34)32-24-8-5-7-19(2)13-24/h4-5,7-16H,1,6,17-18H2,2-3H3,(H,32,34)/b26-16-. The predicted molar refractivity (Wildman–Crippen MR) is 155 cm³/mol. The number of carbonyl (C=O) groups excluding carboxylic acids is 3. The van der Waals surface area contributed by atoms with Crippen molar-refractivity contribution in [3.8, 4) is 11.5 Å². The van der Waals surface area contributed by atoms with Crippen LogP contribution in [0.15, 0.2) is 78.2 Å². The number of ether oxygens (including phenoxy) is 2. The van der Waals surface area contributed by atoms with Crippen molar-refractivity contribution in [1.82, 2.24) is 4.90 Å². The zero-order valence-electron chi connectivity index (χ0n) is 21.5. The molecule has 0 aromatic heterocycles. The maximum Gasteiger partial charge on any atom is 0.294 e.